The number of amides is 1. The van der Waals surface area contributed by atoms with Crippen molar-refractivity contribution >= 4 is 11.6 Å². The molecule has 1 N–H and O–H groups in total. The lowest BCUT2D eigenvalue weighted by Crippen LogP contribution is -2.43. The van der Waals surface area contributed by atoms with Crippen LogP contribution in [0.25, 0.3) is 0 Å². The summed E-state index contributed by atoms with van der Waals surface area (Å²) in [7, 11) is 2.15. The van der Waals surface area contributed by atoms with Gasteiger partial charge in [0.05, 0.1) is 11.5 Å². The molecule has 1 saturated heterocycles. The van der Waals surface area contributed by atoms with Crippen LogP contribution in [0.4, 0.5) is 5.69 Å². The molecule has 9 heteroatoms. The summed E-state index contributed by atoms with van der Waals surface area (Å²) in [6.07, 6.45) is 0.223. The molecule has 0 unspecified atom stereocenters. The maximum absolute atomic E-state index is 12.2. The number of aryl methyl sites for hydroxylation is 2. The van der Waals surface area contributed by atoms with Crippen LogP contribution in [-0.2, 0) is 24.4 Å². The quantitative estimate of drug-likeness (QED) is 0.523. The highest BCUT2D eigenvalue weighted by molar-refractivity contribution is 5.75. The van der Waals surface area contributed by atoms with Crippen LogP contribution in [-0.4, -0.2) is 63.6 Å². The number of aromatic nitrogens is 2. The van der Waals surface area contributed by atoms with Crippen LogP contribution in [0.5, 0.6) is 0 Å². The third kappa shape index (κ3) is 5.64. The molecule has 3 rings (SSSR count). The van der Waals surface area contributed by atoms with Crippen molar-refractivity contribution in [3.05, 3.63) is 56.9 Å². The molecule has 2 heterocycles. The standard InChI is InChI=1S/C21H30N6O3/c1-16-21(27(29)30)17(2)26(23-16)9-8-20(28)22-14-18-4-6-19(7-5-18)15-25-12-10-24(3)11-13-25/h4-7H,8-15H2,1-3H3,(H,22,28). The van der Waals surface area contributed by atoms with E-state index < -0.39 is 4.92 Å². The Morgan fingerprint density at radius 2 is 1.77 bits per heavy atom. The number of piperazine rings is 1. The van der Waals surface area contributed by atoms with E-state index in [2.05, 4.69) is 51.5 Å². The van der Waals surface area contributed by atoms with Crippen LogP contribution in [0.2, 0.25) is 0 Å². The number of hydrogen-bond donors (Lipinski definition) is 1. The maximum Gasteiger partial charge on any atom is 0.312 e. The van der Waals surface area contributed by atoms with Crippen molar-refractivity contribution in [2.75, 3.05) is 33.2 Å². The van der Waals surface area contributed by atoms with Gasteiger partial charge in [-0.3, -0.25) is 24.5 Å². The molecule has 30 heavy (non-hydrogen) atoms. The van der Waals surface area contributed by atoms with Crippen molar-refractivity contribution in [3.63, 3.8) is 0 Å². The van der Waals surface area contributed by atoms with Crippen molar-refractivity contribution in [3.8, 4) is 0 Å². The van der Waals surface area contributed by atoms with Gasteiger partial charge in [-0.2, -0.15) is 5.10 Å². The minimum atomic E-state index is -0.429. The lowest BCUT2D eigenvalue weighted by Gasteiger charge is -2.32. The molecule has 1 aliphatic heterocycles. The maximum atomic E-state index is 12.2. The molecule has 1 fully saturated rings. The highest BCUT2D eigenvalue weighted by atomic mass is 16.6. The van der Waals surface area contributed by atoms with Gasteiger partial charge < -0.3 is 10.2 Å². The van der Waals surface area contributed by atoms with Gasteiger partial charge in [-0.05, 0) is 32.0 Å². The number of rotatable bonds is 8. The molecular formula is C21H30N6O3. The van der Waals surface area contributed by atoms with E-state index >= 15 is 0 Å². The molecular weight excluding hydrogens is 384 g/mol. The zero-order chi connectivity index (χ0) is 21.7. The largest absolute Gasteiger partial charge is 0.352 e. The molecule has 1 aromatic carbocycles. The number of nitrogens with one attached hydrogen (secondary N) is 1. The number of nitrogens with zero attached hydrogens (tertiary/aromatic N) is 5. The van der Waals surface area contributed by atoms with E-state index in [0.29, 0.717) is 24.5 Å². The molecule has 9 nitrogen and oxygen atoms in total. The summed E-state index contributed by atoms with van der Waals surface area (Å²) < 4.78 is 1.53. The summed E-state index contributed by atoms with van der Waals surface area (Å²) in [4.78, 5) is 27.6. The van der Waals surface area contributed by atoms with Crippen molar-refractivity contribution < 1.29 is 9.72 Å². The Labute approximate surface area is 176 Å². The highest BCUT2D eigenvalue weighted by Crippen LogP contribution is 2.21. The van der Waals surface area contributed by atoms with Gasteiger partial charge >= 0.3 is 5.69 Å². The Bertz CT molecular complexity index is 885. The first-order valence-corrected chi connectivity index (χ1v) is 10.3. The number of hydrogen-bond acceptors (Lipinski definition) is 6. The van der Waals surface area contributed by atoms with Gasteiger partial charge in [-0.25, -0.2) is 0 Å². The Kier molecular flexibility index (Phi) is 7.17. The fourth-order valence-electron chi connectivity index (χ4n) is 3.69. The number of carbonyl (C=O) groups excluding carboxylic acids is 1. The average Bonchev–Trinajstić information content (AvgIpc) is 3.01. The molecule has 2 aromatic rings. The first-order valence-electron chi connectivity index (χ1n) is 10.3. The minimum absolute atomic E-state index is 0.0204. The van der Waals surface area contributed by atoms with Crippen LogP contribution < -0.4 is 5.32 Å². The predicted molar refractivity (Wildman–Crippen MR) is 114 cm³/mol. The Morgan fingerprint density at radius 3 is 2.37 bits per heavy atom. The van der Waals surface area contributed by atoms with Gasteiger partial charge in [0.25, 0.3) is 0 Å². The molecule has 0 bridgehead atoms. The van der Waals surface area contributed by atoms with E-state index in [4.69, 9.17) is 0 Å². The van der Waals surface area contributed by atoms with Crippen molar-refractivity contribution in [2.45, 2.75) is 39.9 Å². The zero-order valence-corrected chi connectivity index (χ0v) is 17.9. The van der Waals surface area contributed by atoms with E-state index in [1.165, 1.54) is 10.2 Å². The highest BCUT2D eigenvalue weighted by Gasteiger charge is 2.21. The van der Waals surface area contributed by atoms with Crippen LogP contribution in [0.15, 0.2) is 24.3 Å². The normalized spacial score (nSPS) is 15.3. The second kappa shape index (κ2) is 9.82. The van der Waals surface area contributed by atoms with Crippen LogP contribution in [0, 0.1) is 24.0 Å². The Hall–Kier alpha value is -2.78. The molecule has 1 aliphatic rings. The summed E-state index contributed by atoms with van der Waals surface area (Å²) in [5.41, 5.74) is 3.19. The molecule has 1 aromatic heterocycles. The number of carbonyl (C=O) groups is 1. The third-order valence-electron chi connectivity index (χ3n) is 5.59. The van der Waals surface area contributed by atoms with Gasteiger partial charge in [0.1, 0.15) is 11.4 Å². The predicted octanol–water partition coefficient (Wildman–Crippen LogP) is 1.86. The van der Waals surface area contributed by atoms with E-state index in [-0.39, 0.29) is 18.0 Å². The smallest absolute Gasteiger partial charge is 0.312 e. The van der Waals surface area contributed by atoms with Gasteiger partial charge in [-0.1, -0.05) is 24.3 Å². The summed E-state index contributed by atoms with van der Waals surface area (Å²) in [6.45, 7) is 9.38. The van der Waals surface area contributed by atoms with Crippen molar-refractivity contribution in [2.24, 2.45) is 0 Å². The summed E-state index contributed by atoms with van der Waals surface area (Å²) in [5.74, 6) is -0.105. The van der Waals surface area contributed by atoms with E-state index in [9.17, 15) is 14.9 Å². The van der Waals surface area contributed by atoms with E-state index in [1.54, 1.807) is 13.8 Å². The van der Waals surface area contributed by atoms with Crippen LogP contribution in [0.1, 0.15) is 28.9 Å². The average molecular weight is 415 g/mol. The molecule has 1 amide bonds. The van der Waals surface area contributed by atoms with Gasteiger partial charge in [-0.15, -0.1) is 0 Å². The van der Waals surface area contributed by atoms with E-state index in [1.807, 2.05) is 0 Å². The van der Waals surface area contributed by atoms with Crippen LogP contribution in [0.3, 0.4) is 0 Å². The van der Waals surface area contributed by atoms with E-state index in [0.717, 1.165) is 38.3 Å². The fraction of sp³-hybridized carbons (Fsp3) is 0.524. The number of benzene rings is 1. The molecule has 0 radical (unpaired) electrons. The summed E-state index contributed by atoms with van der Waals surface area (Å²) >= 11 is 0. The SMILES string of the molecule is Cc1nn(CCC(=O)NCc2ccc(CN3CCN(C)CC3)cc2)c(C)c1[N+](=O)[O-]. The number of nitro groups is 1. The monoisotopic (exact) mass is 414 g/mol. The first kappa shape index (κ1) is 21.9. The Morgan fingerprint density at radius 1 is 1.13 bits per heavy atom. The van der Waals surface area contributed by atoms with Crippen LogP contribution >= 0.6 is 0 Å². The molecule has 0 saturated carbocycles. The first-order chi connectivity index (χ1) is 14.3. The second-order valence-electron chi connectivity index (χ2n) is 7.92. The third-order valence-corrected chi connectivity index (χ3v) is 5.59. The van der Waals surface area contributed by atoms with Crippen molar-refractivity contribution in [1.82, 2.24) is 24.9 Å². The lowest BCUT2D eigenvalue weighted by atomic mass is 10.1. The Balaban J connectivity index is 1.43. The lowest BCUT2D eigenvalue weighted by molar-refractivity contribution is -0.386. The fourth-order valence-corrected chi connectivity index (χ4v) is 3.69. The van der Waals surface area contributed by atoms with Crippen molar-refractivity contribution in [1.29, 1.82) is 0 Å². The molecule has 0 spiro atoms. The van der Waals surface area contributed by atoms with Gasteiger partial charge in [0.2, 0.25) is 5.91 Å². The molecule has 162 valence electrons. The summed E-state index contributed by atoms with van der Waals surface area (Å²) in [6, 6.07) is 8.34. The molecule has 0 aliphatic carbocycles. The molecule has 0 atom stereocenters. The topological polar surface area (TPSA) is 96.5 Å². The summed E-state index contributed by atoms with van der Waals surface area (Å²) in [5, 5.41) is 18.2. The zero-order valence-electron chi connectivity index (χ0n) is 17.9. The number of likely N-dealkylation sites (N-methyl/N-ethyl adjacent to an activating group) is 1. The second-order valence-corrected chi connectivity index (χ2v) is 7.92. The van der Waals surface area contributed by atoms with Gasteiger partial charge in [0.15, 0.2) is 0 Å². The van der Waals surface area contributed by atoms with Gasteiger partial charge in [0, 0.05) is 45.7 Å². The minimum Gasteiger partial charge on any atom is -0.352 e.